The number of carbonyl (C=O) groups is 1. The summed E-state index contributed by atoms with van der Waals surface area (Å²) in [6.45, 7) is 4.40. The van der Waals surface area contributed by atoms with Crippen LogP contribution in [0.1, 0.15) is 22.3 Å². The predicted molar refractivity (Wildman–Crippen MR) is 115 cm³/mol. The number of hydrogen-bond donors (Lipinski definition) is 1. The Bertz CT molecular complexity index is 1080. The Morgan fingerprint density at radius 2 is 1.79 bits per heavy atom. The van der Waals surface area contributed by atoms with E-state index in [1.165, 1.54) is 5.56 Å². The first-order valence-electron chi connectivity index (χ1n) is 9.32. The van der Waals surface area contributed by atoms with Gasteiger partial charge in [-0.05, 0) is 54.8 Å². The number of nitrogens with one attached hydrogen (secondary N) is 1. The van der Waals surface area contributed by atoms with Crippen molar-refractivity contribution in [2.45, 2.75) is 20.5 Å². The minimum Gasteiger partial charge on any atom is -0.489 e. The highest BCUT2D eigenvalue weighted by molar-refractivity contribution is 6.09. The Kier molecular flexibility index (Phi) is 6.44. The minimum absolute atomic E-state index is 0.0314. The van der Waals surface area contributed by atoms with Gasteiger partial charge in [-0.3, -0.25) is 4.79 Å². The van der Waals surface area contributed by atoms with Gasteiger partial charge in [-0.15, -0.1) is 0 Å². The Morgan fingerprint density at radius 1 is 1.03 bits per heavy atom. The number of anilines is 1. The van der Waals surface area contributed by atoms with Crippen molar-refractivity contribution in [3.8, 4) is 11.8 Å². The summed E-state index contributed by atoms with van der Waals surface area (Å²) in [4.78, 5) is 12.5. The molecule has 1 N–H and O–H groups in total. The second kappa shape index (κ2) is 9.38. The molecule has 0 radical (unpaired) electrons. The van der Waals surface area contributed by atoms with Gasteiger partial charge in [-0.2, -0.15) is 5.26 Å². The number of nitriles is 1. The molecule has 29 heavy (non-hydrogen) atoms. The quantitative estimate of drug-likeness (QED) is 0.457. The molecule has 0 fully saturated rings. The summed E-state index contributed by atoms with van der Waals surface area (Å²) in [6.07, 6.45) is 1.56. The molecule has 0 spiro atoms. The van der Waals surface area contributed by atoms with Crippen LogP contribution in [0.5, 0.6) is 5.75 Å². The Hall–Kier alpha value is -3.84. The Morgan fingerprint density at radius 3 is 2.52 bits per heavy atom. The van der Waals surface area contributed by atoms with E-state index in [-0.39, 0.29) is 5.57 Å². The lowest BCUT2D eigenvalue weighted by Crippen LogP contribution is -2.14. The molecule has 0 heterocycles. The average Bonchev–Trinajstić information content (AvgIpc) is 2.73. The van der Waals surface area contributed by atoms with E-state index in [1.54, 1.807) is 6.08 Å². The molecular weight excluding hydrogens is 360 g/mol. The number of benzene rings is 3. The van der Waals surface area contributed by atoms with Crippen LogP contribution in [0.3, 0.4) is 0 Å². The predicted octanol–water partition coefficient (Wildman–Crippen LogP) is 5.43. The summed E-state index contributed by atoms with van der Waals surface area (Å²) < 4.78 is 5.85. The van der Waals surface area contributed by atoms with Crippen LogP contribution in [0.15, 0.2) is 78.4 Å². The summed E-state index contributed by atoms with van der Waals surface area (Å²) in [5, 5.41) is 12.2. The fourth-order valence-corrected chi connectivity index (χ4v) is 2.76. The molecule has 0 atom stereocenters. The molecule has 1 amide bonds. The van der Waals surface area contributed by atoms with Crippen LogP contribution >= 0.6 is 0 Å². The van der Waals surface area contributed by atoms with Crippen molar-refractivity contribution < 1.29 is 9.53 Å². The molecule has 4 heteroatoms. The van der Waals surface area contributed by atoms with E-state index < -0.39 is 5.91 Å². The van der Waals surface area contributed by atoms with Gasteiger partial charge in [-0.25, -0.2) is 0 Å². The smallest absolute Gasteiger partial charge is 0.266 e. The third kappa shape index (κ3) is 5.57. The molecule has 3 aromatic rings. The van der Waals surface area contributed by atoms with Crippen LogP contribution in [0.25, 0.3) is 6.08 Å². The molecule has 0 aliphatic rings. The van der Waals surface area contributed by atoms with E-state index in [4.69, 9.17) is 4.74 Å². The zero-order valence-corrected chi connectivity index (χ0v) is 16.5. The van der Waals surface area contributed by atoms with Gasteiger partial charge in [0, 0.05) is 5.69 Å². The maximum Gasteiger partial charge on any atom is 0.266 e. The fourth-order valence-electron chi connectivity index (χ4n) is 2.76. The largest absolute Gasteiger partial charge is 0.489 e. The molecule has 3 aromatic carbocycles. The summed E-state index contributed by atoms with van der Waals surface area (Å²) >= 11 is 0. The highest BCUT2D eigenvalue weighted by atomic mass is 16.5. The Balaban J connectivity index is 1.71. The van der Waals surface area contributed by atoms with Gasteiger partial charge in [0.05, 0.1) is 0 Å². The number of hydrogen-bond acceptors (Lipinski definition) is 3. The fraction of sp³-hybridized carbons (Fsp3) is 0.120. The van der Waals surface area contributed by atoms with E-state index >= 15 is 0 Å². The Labute approximate surface area is 171 Å². The number of aryl methyl sites for hydroxylation is 2. The summed E-state index contributed by atoms with van der Waals surface area (Å²) in [5.74, 6) is 0.240. The second-order valence-electron chi connectivity index (χ2n) is 6.79. The van der Waals surface area contributed by atoms with E-state index in [1.807, 2.05) is 92.7 Å². The monoisotopic (exact) mass is 382 g/mol. The maximum atomic E-state index is 12.5. The molecule has 144 valence electrons. The molecule has 0 unspecified atom stereocenters. The lowest BCUT2D eigenvalue weighted by Gasteiger charge is -2.08. The molecule has 4 nitrogen and oxygen atoms in total. The molecule has 0 saturated carbocycles. The third-order valence-corrected chi connectivity index (χ3v) is 4.45. The van der Waals surface area contributed by atoms with Gasteiger partial charge in [-0.1, -0.05) is 60.2 Å². The zero-order valence-electron chi connectivity index (χ0n) is 16.5. The molecular formula is C25H22N2O2. The van der Waals surface area contributed by atoms with Gasteiger partial charge >= 0.3 is 0 Å². The summed E-state index contributed by atoms with van der Waals surface area (Å²) in [7, 11) is 0. The van der Waals surface area contributed by atoms with Crippen LogP contribution in [0, 0.1) is 25.2 Å². The van der Waals surface area contributed by atoms with Crippen LogP contribution < -0.4 is 10.1 Å². The van der Waals surface area contributed by atoms with Gasteiger partial charge in [0.15, 0.2) is 0 Å². The van der Waals surface area contributed by atoms with Crippen LogP contribution in [0.2, 0.25) is 0 Å². The van der Waals surface area contributed by atoms with Crippen molar-refractivity contribution in [3.63, 3.8) is 0 Å². The van der Waals surface area contributed by atoms with E-state index in [0.29, 0.717) is 18.0 Å². The molecule has 0 aliphatic heterocycles. The number of amides is 1. The van der Waals surface area contributed by atoms with Gasteiger partial charge in [0.2, 0.25) is 0 Å². The number of ether oxygens (including phenoxy) is 1. The van der Waals surface area contributed by atoms with Crippen LogP contribution in [0.4, 0.5) is 5.69 Å². The molecule has 0 aliphatic carbocycles. The highest BCUT2D eigenvalue weighted by Gasteiger charge is 2.11. The molecule has 0 bridgehead atoms. The van der Waals surface area contributed by atoms with Crippen molar-refractivity contribution in [3.05, 3.63) is 101 Å². The third-order valence-electron chi connectivity index (χ3n) is 4.45. The second-order valence-corrected chi connectivity index (χ2v) is 6.79. The van der Waals surface area contributed by atoms with E-state index in [9.17, 15) is 10.1 Å². The van der Waals surface area contributed by atoms with Crippen LogP contribution in [-0.2, 0) is 11.4 Å². The zero-order chi connectivity index (χ0) is 20.6. The van der Waals surface area contributed by atoms with Crippen molar-refractivity contribution >= 4 is 17.7 Å². The number of para-hydroxylation sites is 1. The lowest BCUT2D eigenvalue weighted by molar-refractivity contribution is -0.112. The first-order chi connectivity index (χ1) is 14.0. The van der Waals surface area contributed by atoms with E-state index in [2.05, 4.69) is 5.32 Å². The SMILES string of the molecule is Cc1ccc(COc2cccc(/C=C(/C#N)C(=O)Nc3ccccc3C)c2)cc1. The van der Waals surface area contributed by atoms with Crippen molar-refractivity contribution in [1.29, 1.82) is 5.26 Å². The topological polar surface area (TPSA) is 62.1 Å². The first-order valence-corrected chi connectivity index (χ1v) is 9.32. The summed E-state index contributed by atoms with van der Waals surface area (Å²) in [5.41, 5.74) is 4.66. The normalized spacial score (nSPS) is 10.9. The highest BCUT2D eigenvalue weighted by Crippen LogP contribution is 2.19. The number of carbonyl (C=O) groups excluding carboxylic acids is 1. The van der Waals surface area contributed by atoms with Crippen molar-refractivity contribution in [2.24, 2.45) is 0 Å². The first kappa shape index (κ1) is 19.9. The molecule has 0 aromatic heterocycles. The maximum absolute atomic E-state index is 12.5. The van der Waals surface area contributed by atoms with Crippen LogP contribution in [-0.4, -0.2) is 5.91 Å². The minimum atomic E-state index is -0.437. The summed E-state index contributed by atoms with van der Waals surface area (Å²) in [6, 6.07) is 24.9. The van der Waals surface area contributed by atoms with E-state index in [0.717, 1.165) is 16.7 Å². The molecule has 0 saturated heterocycles. The van der Waals surface area contributed by atoms with Gasteiger partial charge < -0.3 is 10.1 Å². The van der Waals surface area contributed by atoms with Gasteiger partial charge in [0.25, 0.3) is 5.91 Å². The molecule has 3 rings (SSSR count). The standard InChI is InChI=1S/C25H22N2O2/c1-18-10-12-20(13-11-18)17-29-23-8-5-7-21(15-23)14-22(16-26)25(28)27-24-9-4-3-6-19(24)2/h3-15H,17H2,1-2H3,(H,27,28)/b22-14-. The average molecular weight is 382 g/mol. The van der Waals surface area contributed by atoms with Crippen molar-refractivity contribution in [2.75, 3.05) is 5.32 Å². The van der Waals surface area contributed by atoms with Gasteiger partial charge in [0.1, 0.15) is 24.0 Å². The number of nitrogens with zero attached hydrogens (tertiary/aromatic N) is 1. The lowest BCUT2D eigenvalue weighted by atomic mass is 10.1. The number of rotatable bonds is 6. The van der Waals surface area contributed by atoms with Crippen molar-refractivity contribution in [1.82, 2.24) is 0 Å².